The normalized spacial score (nSPS) is 11.8. The number of hydrogen-bond acceptors (Lipinski definition) is 5. The second-order valence-electron chi connectivity index (χ2n) is 6.80. The number of fused-ring (bicyclic) bond motifs is 1. The first-order valence-corrected chi connectivity index (χ1v) is 9.85. The van der Waals surface area contributed by atoms with Gasteiger partial charge in [-0.1, -0.05) is 41.9 Å². The molecule has 1 N–H and O–H groups in total. The largest absolute Gasteiger partial charge is 0.469 e. The summed E-state index contributed by atoms with van der Waals surface area (Å²) < 4.78 is 6.22. The molecule has 8 heteroatoms. The Morgan fingerprint density at radius 2 is 1.87 bits per heavy atom. The summed E-state index contributed by atoms with van der Waals surface area (Å²) in [5.74, 6) is -0.252. The molecule has 1 heterocycles. The highest BCUT2D eigenvalue weighted by Crippen LogP contribution is 2.25. The van der Waals surface area contributed by atoms with E-state index >= 15 is 0 Å². The number of esters is 1. The van der Waals surface area contributed by atoms with Crippen LogP contribution in [-0.2, 0) is 20.9 Å². The van der Waals surface area contributed by atoms with Crippen LogP contribution < -0.4 is 10.9 Å². The van der Waals surface area contributed by atoms with Crippen LogP contribution in [0.4, 0.5) is 0 Å². The summed E-state index contributed by atoms with van der Waals surface area (Å²) >= 11 is 6.24. The van der Waals surface area contributed by atoms with Gasteiger partial charge in [0.1, 0.15) is 5.82 Å². The third-order valence-electron chi connectivity index (χ3n) is 4.83. The highest BCUT2D eigenvalue weighted by atomic mass is 35.5. The van der Waals surface area contributed by atoms with Gasteiger partial charge in [0.15, 0.2) is 0 Å². The quantitative estimate of drug-likeness (QED) is 0.585. The Morgan fingerprint density at radius 3 is 2.60 bits per heavy atom. The van der Waals surface area contributed by atoms with Crippen molar-refractivity contribution in [2.75, 3.05) is 7.11 Å². The first-order valence-electron chi connectivity index (χ1n) is 9.47. The smallest absolute Gasteiger partial charge is 0.307 e. The summed E-state index contributed by atoms with van der Waals surface area (Å²) in [5, 5.41) is 3.77. The van der Waals surface area contributed by atoms with Crippen molar-refractivity contribution in [3.8, 4) is 0 Å². The summed E-state index contributed by atoms with van der Waals surface area (Å²) in [5.41, 5.74) is 1.05. The van der Waals surface area contributed by atoms with Gasteiger partial charge in [0, 0.05) is 18.0 Å². The number of carbonyl (C=O) groups excluding carboxylic acids is 2. The maximum Gasteiger partial charge on any atom is 0.307 e. The van der Waals surface area contributed by atoms with Gasteiger partial charge in [-0.3, -0.25) is 19.0 Å². The predicted octanol–water partition coefficient (Wildman–Crippen LogP) is 3.17. The average molecular weight is 428 g/mol. The number of benzene rings is 2. The van der Waals surface area contributed by atoms with Gasteiger partial charge in [0.2, 0.25) is 5.91 Å². The SMILES string of the molecule is COC(=O)C[C@@H](NC(=O)CCn1c(C)nc2ccccc2c1=O)c1ccccc1Cl. The van der Waals surface area contributed by atoms with E-state index in [-0.39, 0.29) is 30.9 Å². The van der Waals surface area contributed by atoms with Crippen molar-refractivity contribution < 1.29 is 14.3 Å². The molecule has 2 aromatic carbocycles. The number of hydrogen-bond donors (Lipinski definition) is 1. The van der Waals surface area contributed by atoms with E-state index in [1.54, 1.807) is 49.4 Å². The Morgan fingerprint density at radius 1 is 1.17 bits per heavy atom. The van der Waals surface area contributed by atoms with Crippen LogP contribution in [0.1, 0.15) is 30.3 Å². The van der Waals surface area contributed by atoms with Crippen LogP contribution in [0.25, 0.3) is 10.9 Å². The molecule has 3 rings (SSSR count). The third-order valence-corrected chi connectivity index (χ3v) is 5.17. The number of ether oxygens (including phenoxy) is 1. The van der Waals surface area contributed by atoms with Crippen LogP contribution in [0.3, 0.4) is 0 Å². The Hall–Kier alpha value is -3.19. The van der Waals surface area contributed by atoms with Crippen molar-refractivity contribution in [2.45, 2.75) is 32.4 Å². The fourth-order valence-corrected chi connectivity index (χ4v) is 3.54. The molecule has 30 heavy (non-hydrogen) atoms. The summed E-state index contributed by atoms with van der Waals surface area (Å²) in [6, 6.07) is 13.4. The highest BCUT2D eigenvalue weighted by Gasteiger charge is 2.21. The zero-order chi connectivity index (χ0) is 21.7. The van der Waals surface area contributed by atoms with Crippen molar-refractivity contribution >= 4 is 34.4 Å². The van der Waals surface area contributed by atoms with Gasteiger partial charge in [-0.25, -0.2) is 4.98 Å². The van der Waals surface area contributed by atoms with Gasteiger partial charge in [0.05, 0.1) is 30.5 Å². The minimum Gasteiger partial charge on any atom is -0.469 e. The molecular weight excluding hydrogens is 406 g/mol. The van der Waals surface area contributed by atoms with Gasteiger partial charge >= 0.3 is 5.97 Å². The number of methoxy groups -OCH3 is 1. The number of nitrogens with one attached hydrogen (secondary N) is 1. The van der Waals surface area contributed by atoms with E-state index in [9.17, 15) is 14.4 Å². The second-order valence-corrected chi connectivity index (χ2v) is 7.21. The first-order chi connectivity index (χ1) is 14.4. The molecule has 0 unspecified atom stereocenters. The Bertz CT molecular complexity index is 1140. The molecule has 0 bridgehead atoms. The van der Waals surface area contributed by atoms with E-state index in [1.807, 2.05) is 6.07 Å². The van der Waals surface area contributed by atoms with Gasteiger partial charge in [-0.15, -0.1) is 0 Å². The van der Waals surface area contributed by atoms with E-state index in [4.69, 9.17) is 16.3 Å². The van der Waals surface area contributed by atoms with E-state index in [0.29, 0.717) is 27.3 Å². The van der Waals surface area contributed by atoms with Crippen LogP contribution in [-0.4, -0.2) is 28.5 Å². The molecule has 0 aliphatic heterocycles. The minimum atomic E-state index is -0.633. The van der Waals surface area contributed by atoms with Crippen molar-refractivity contribution in [3.63, 3.8) is 0 Å². The predicted molar refractivity (Wildman–Crippen MR) is 114 cm³/mol. The number of rotatable bonds is 7. The maximum atomic E-state index is 12.7. The maximum absolute atomic E-state index is 12.7. The van der Waals surface area contributed by atoms with E-state index in [2.05, 4.69) is 10.3 Å². The van der Waals surface area contributed by atoms with Crippen molar-refractivity contribution in [2.24, 2.45) is 0 Å². The molecule has 0 radical (unpaired) electrons. The molecule has 0 aliphatic rings. The average Bonchev–Trinajstić information content (AvgIpc) is 2.73. The van der Waals surface area contributed by atoms with Gasteiger partial charge in [0.25, 0.3) is 5.56 Å². The number of aryl methyl sites for hydroxylation is 1. The van der Waals surface area contributed by atoms with E-state index in [0.717, 1.165) is 0 Å². The highest BCUT2D eigenvalue weighted by molar-refractivity contribution is 6.31. The minimum absolute atomic E-state index is 0.0445. The molecule has 0 aliphatic carbocycles. The number of para-hydroxylation sites is 1. The summed E-state index contributed by atoms with van der Waals surface area (Å²) in [4.78, 5) is 41.6. The second kappa shape index (κ2) is 9.54. The molecule has 0 spiro atoms. The molecule has 0 saturated carbocycles. The Kier molecular flexibility index (Phi) is 6.84. The van der Waals surface area contributed by atoms with Crippen LogP contribution >= 0.6 is 11.6 Å². The molecule has 7 nitrogen and oxygen atoms in total. The lowest BCUT2D eigenvalue weighted by molar-refractivity contribution is -0.141. The molecule has 3 aromatic rings. The van der Waals surface area contributed by atoms with Gasteiger partial charge in [-0.2, -0.15) is 0 Å². The number of carbonyl (C=O) groups is 2. The lowest BCUT2D eigenvalue weighted by atomic mass is 10.0. The Balaban J connectivity index is 1.76. The third kappa shape index (κ3) is 4.86. The molecule has 156 valence electrons. The summed E-state index contributed by atoms with van der Waals surface area (Å²) in [7, 11) is 1.29. The molecule has 1 atom stereocenters. The first kappa shape index (κ1) is 21.5. The zero-order valence-corrected chi connectivity index (χ0v) is 17.5. The monoisotopic (exact) mass is 427 g/mol. The zero-order valence-electron chi connectivity index (χ0n) is 16.7. The number of nitrogens with zero attached hydrogens (tertiary/aromatic N) is 2. The molecule has 0 fully saturated rings. The standard InChI is InChI=1S/C22H22ClN3O4/c1-14-24-18-10-6-4-8-16(18)22(29)26(14)12-11-20(27)25-19(13-21(28)30-2)15-7-3-5-9-17(15)23/h3-10,19H,11-13H2,1-2H3,(H,25,27)/t19-/m1/s1. The topological polar surface area (TPSA) is 90.3 Å². The number of aromatic nitrogens is 2. The molecule has 0 saturated heterocycles. The number of amides is 1. The lowest BCUT2D eigenvalue weighted by Gasteiger charge is -2.20. The Labute approximate surface area is 178 Å². The number of halogens is 1. The lowest BCUT2D eigenvalue weighted by Crippen LogP contribution is -2.33. The van der Waals surface area contributed by atoms with Crippen molar-refractivity contribution in [1.82, 2.24) is 14.9 Å². The van der Waals surface area contributed by atoms with Gasteiger partial charge < -0.3 is 10.1 Å². The van der Waals surface area contributed by atoms with Crippen molar-refractivity contribution in [3.05, 3.63) is 75.3 Å². The van der Waals surface area contributed by atoms with Crippen LogP contribution in [0.2, 0.25) is 5.02 Å². The van der Waals surface area contributed by atoms with Gasteiger partial charge in [-0.05, 0) is 30.7 Å². The van der Waals surface area contributed by atoms with E-state index < -0.39 is 12.0 Å². The van der Waals surface area contributed by atoms with Crippen LogP contribution in [0.15, 0.2) is 53.3 Å². The molecule has 1 amide bonds. The fraction of sp³-hybridized carbons (Fsp3) is 0.273. The van der Waals surface area contributed by atoms with Crippen molar-refractivity contribution in [1.29, 1.82) is 0 Å². The van der Waals surface area contributed by atoms with Crippen LogP contribution in [0, 0.1) is 6.92 Å². The van der Waals surface area contributed by atoms with E-state index in [1.165, 1.54) is 11.7 Å². The molecular formula is C22H22ClN3O4. The summed E-state index contributed by atoms with van der Waals surface area (Å²) in [6.07, 6.45) is -0.00856. The van der Waals surface area contributed by atoms with Crippen LogP contribution in [0.5, 0.6) is 0 Å². The fourth-order valence-electron chi connectivity index (χ4n) is 3.27. The molecule has 1 aromatic heterocycles. The summed E-state index contributed by atoms with van der Waals surface area (Å²) in [6.45, 7) is 1.90.